The molecule has 0 saturated carbocycles. The summed E-state index contributed by atoms with van der Waals surface area (Å²) >= 11 is 0. The fourth-order valence-corrected chi connectivity index (χ4v) is 23.3. The number of hydrogen-bond donors (Lipinski definition) is 0. The summed E-state index contributed by atoms with van der Waals surface area (Å²) in [6.45, 7) is 43.2. The number of unbranched alkanes of at least 4 members (excludes halogenated alkanes) is 6. The molecule has 0 spiro atoms. The van der Waals surface area contributed by atoms with Crippen molar-refractivity contribution in [3.05, 3.63) is 0 Å². The molecular formula is C32H76O5Si5. The van der Waals surface area contributed by atoms with Gasteiger partial charge in [0, 0.05) is 19.3 Å². The molecule has 0 saturated heterocycles. The van der Waals surface area contributed by atoms with Crippen LogP contribution in [0.5, 0.6) is 0 Å². The largest absolute Gasteiger partial charge is 0.469 e. The van der Waals surface area contributed by atoms with Crippen molar-refractivity contribution in [2.45, 2.75) is 194 Å². The molecule has 0 aromatic rings. The molecule has 0 fully saturated rings. The van der Waals surface area contributed by atoms with Crippen molar-refractivity contribution >= 4 is 42.3 Å². The third-order valence-electron chi connectivity index (χ3n) is 10.2. The smallest absolute Gasteiger partial charge is 0.416 e. The maximum absolute atomic E-state index is 7.47. The Hall–Kier alpha value is 0.884. The summed E-state index contributed by atoms with van der Waals surface area (Å²) in [7, 11) is -11.4. The van der Waals surface area contributed by atoms with E-state index in [9.17, 15) is 0 Å². The normalized spacial score (nSPS) is 15.0. The molecule has 0 aromatic carbocycles. The van der Waals surface area contributed by atoms with Crippen LogP contribution < -0.4 is 0 Å². The molecule has 0 aromatic heterocycles. The third-order valence-corrected chi connectivity index (χ3v) is 34.9. The Kier molecular flexibility index (Phi) is 17.0. The van der Waals surface area contributed by atoms with E-state index in [1.54, 1.807) is 0 Å². The van der Waals surface area contributed by atoms with E-state index in [-0.39, 0.29) is 15.1 Å². The molecule has 5 nitrogen and oxygen atoms in total. The van der Waals surface area contributed by atoms with Crippen LogP contribution in [-0.4, -0.2) is 55.5 Å². The van der Waals surface area contributed by atoms with E-state index < -0.39 is 42.3 Å². The van der Waals surface area contributed by atoms with Gasteiger partial charge in [-0.05, 0) is 87.3 Å². The Morgan fingerprint density at radius 2 is 0.667 bits per heavy atom. The summed E-state index contributed by atoms with van der Waals surface area (Å²) in [4.78, 5) is 0. The second kappa shape index (κ2) is 16.6. The van der Waals surface area contributed by atoms with Crippen molar-refractivity contribution in [2.75, 3.05) is 13.2 Å². The Labute approximate surface area is 270 Å². The third kappa shape index (κ3) is 14.1. The second-order valence-electron chi connectivity index (χ2n) is 17.2. The van der Waals surface area contributed by atoms with Crippen LogP contribution >= 0.6 is 0 Å². The molecule has 0 aliphatic heterocycles. The van der Waals surface area contributed by atoms with Gasteiger partial charge in [0.2, 0.25) is 0 Å². The van der Waals surface area contributed by atoms with E-state index in [1.807, 2.05) is 0 Å². The van der Waals surface area contributed by atoms with E-state index >= 15 is 0 Å². The highest BCUT2D eigenvalue weighted by molar-refractivity contribution is 6.92. The van der Waals surface area contributed by atoms with Gasteiger partial charge in [-0.1, -0.05) is 101 Å². The van der Waals surface area contributed by atoms with Gasteiger partial charge in [0.15, 0.2) is 25.0 Å². The first-order valence-corrected chi connectivity index (χ1v) is 30.3. The maximum atomic E-state index is 7.47. The maximum Gasteiger partial charge on any atom is 0.469 e. The molecule has 0 atom stereocenters. The van der Waals surface area contributed by atoms with Crippen molar-refractivity contribution in [2.24, 2.45) is 0 Å². The van der Waals surface area contributed by atoms with Crippen LogP contribution in [0, 0.1) is 0 Å². The molecule has 0 heterocycles. The molecule has 0 unspecified atom stereocenters. The zero-order chi connectivity index (χ0) is 33.3. The minimum Gasteiger partial charge on any atom is -0.416 e. The lowest BCUT2D eigenvalue weighted by Crippen LogP contribution is -2.65. The van der Waals surface area contributed by atoms with Gasteiger partial charge in [-0.2, -0.15) is 0 Å². The van der Waals surface area contributed by atoms with Crippen molar-refractivity contribution < 1.29 is 21.2 Å². The van der Waals surface area contributed by atoms with Crippen LogP contribution in [-0.2, 0) is 21.2 Å². The van der Waals surface area contributed by atoms with Crippen molar-refractivity contribution in [1.29, 1.82) is 0 Å². The first kappa shape index (κ1) is 42.9. The summed E-state index contributed by atoms with van der Waals surface area (Å²) in [6.07, 6.45) is 8.62. The summed E-state index contributed by atoms with van der Waals surface area (Å²) in [5.41, 5.74) is 0. The standard InChI is InChI=1S/C32H76O5Si5/c1-19-33-41(18,34-20-2)28-26-24-22-21-23-25-27-29-42(35-38(12,13)30(3,4)5,36-39(14,15)31(6,7)8)37-40(16,17)32(9,10)11/h19-29H2,1-18H3. The van der Waals surface area contributed by atoms with Gasteiger partial charge in [0.1, 0.15) is 0 Å². The summed E-state index contributed by atoms with van der Waals surface area (Å²) in [6, 6.07) is 2.04. The lowest BCUT2D eigenvalue weighted by atomic mass is 10.1. The topological polar surface area (TPSA) is 46.2 Å². The lowest BCUT2D eigenvalue weighted by molar-refractivity contribution is 0.188. The highest BCUT2D eigenvalue weighted by Crippen LogP contribution is 2.47. The zero-order valence-corrected chi connectivity index (χ0v) is 36.8. The van der Waals surface area contributed by atoms with Gasteiger partial charge in [-0.3, -0.25) is 0 Å². The lowest BCUT2D eigenvalue weighted by Gasteiger charge is -2.52. The van der Waals surface area contributed by atoms with Crippen LogP contribution in [0.2, 0.25) is 73.0 Å². The quantitative estimate of drug-likeness (QED) is 0.0946. The van der Waals surface area contributed by atoms with Crippen molar-refractivity contribution in [3.8, 4) is 0 Å². The van der Waals surface area contributed by atoms with Crippen molar-refractivity contribution in [3.63, 3.8) is 0 Å². The van der Waals surface area contributed by atoms with Gasteiger partial charge in [-0.15, -0.1) is 0 Å². The molecule has 0 bridgehead atoms. The van der Waals surface area contributed by atoms with Crippen LogP contribution in [0.15, 0.2) is 0 Å². The Morgan fingerprint density at radius 3 is 0.929 bits per heavy atom. The van der Waals surface area contributed by atoms with Gasteiger partial charge >= 0.3 is 17.4 Å². The fraction of sp³-hybridized carbons (Fsp3) is 1.00. The summed E-state index contributed by atoms with van der Waals surface area (Å²) in [5.74, 6) is 0. The monoisotopic (exact) mass is 680 g/mol. The van der Waals surface area contributed by atoms with Crippen molar-refractivity contribution in [1.82, 2.24) is 0 Å². The highest BCUT2D eigenvalue weighted by Gasteiger charge is 2.57. The first-order chi connectivity index (χ1) is 18.7. The van der Waals surface area contributed by atoms with E-state index in [1.165, 1.54) is 38.5 Å². The molecular weight excluding hydrogens is 605 g/mol. The number of rotatable bonds is 20. The van der Waals surface area contributed by atoms with Gasteiger partial charge in [0.25, 0.3) is 0 Å². The van der Waals surface area contributed by atoms with Gasteiger partial charge in [0.05, 0.1) is 0 Å². The van der Waals surface area contributed by atoms with Gasteiger partial charge < -0.3 is 21.2 Å². The van der Waals surface area contributed by atoms with E-state index in [2.05, 4.69) is 122 Å². The molecule has 42 heavy (non-hydrogen) atoms. The molecule has 254 valence electrons. The summed E-state index contributed by atoms with van der Waals surface area (Å²) < 4.78 is 34.4. The van der Waals surface area contributed by atoms with Crippen LogP contribution in [0.25, 0.3) is 0 Å². The molecule has 10 heteroatoms. The van der Waals surface area contributed by atoms with Crippen LogP contribution in [0.4, 0.5) is 0 Å². The Bertz CT molecular complexity index is 691. The highest BCUT2D eigenvalue weighted by atomic mass is 28.5. The van der Waals surface area contributed by atoms with Gasteiger partial charge in [-0.25, -0.2) is 0 Å². The minimum atomic E-state index is -2.99. The fourth-order valence-electron chi connectivity index (χ4n) is 4.31. The molecule has 0 rings (SSSR count). The molecule has 0 aliphatic carbocycles. The minimum absolute atomic E-state index is 0.0993. The Morgan fingerprint density at radius 1 is 0.405 bits per heavy atom. The first-order valence-electron chi connectivity index (χ1n) is 17.1. The van der Waals surface area contributed by atoms with Crippen LogP contribution in [0.1, 0.15) is 121 Å². The second-order valence-corrected chi connectivity index (χ2v) is 38.5. The number of hydrogen-bond acceptors (Lipinski definition) is 5. The average Bonchev–Trinajstić information content (AvgIpc) is 2.75. The van der Waals surface area contributed by atoms with E-state index in [0.717, 1.165) is 31.7 Å². The summed E-state index contributed by atoms with van der Waals surface area (Å²) in [5, 5.41) is 0.298. The zero-order valence-electron chi connectivity index (χ0n) is 31.8. The molecule has 0 N–H and O–H groups in total. The SMILES string of the molecule is CCO[Si](C)(CCCCCCCCC[Si](O[Si](C)(C)C(C)(C)C)(O[Si](C)(C)C(C)(C)C)O[Si](C)(C)C(C)(C)C)OCC. The molecule has 0 amide bonds. The van der Waals surface area contributed by atoms with E-state index in [4.69, 9.17) is 21.2 Å². The van der Waals surface area contributed by atoms with Crippen LogP contribution in [0.3, 0.4) is 0 Å². The molecule has 0 radical (unpaired) electrons. The molecule has 0 aliphatic rings. The van der Waals surface area contributed by atoms with E-state index in [0.29, 0.717) is 0 Å². The Balaban J connectivity index is 5.70. The predicted octanol–water partition coefficient (Wildman–Crippen LogP) is 11.9. The average molecular weight is 681 g/mol. The predicted molar refractivity (Wildman–Crippen MR) is 197 cm³/mol.